The SMILES string of the molecule is C=C.C=C(CC(C)c1ccccc1CCNC)NC1CCOc2cc(CC)ccc21.C=O.CCCCCCC.Cc1cccc(C(F)(F)F)c1. The molecule has 7 heteroatoms. The molecule has 0 fully saturated rings. The number of nitrogens with one attached hydrogen (secondary N) is 2. The number of hydrogen-bond donors (Lipinski definition) is 2. The molecule has 2 atom stereocenters. The average molecular weight is 697 g/mol. The molecule has 1 aliphatic rings. The van der Waals surface area contributed by atoms with Crippen molar-refractivity contribution in [3.05, 3.63) is 126 Å². The van der Waals surface area contributed by atoms with Crippen molar-refractivity contribution in [2.45, 2.75) is 111 Å². The maximum atomic E-state index is 12.0. The molecule has 2 N–H and O–H groups in total. The van der Waals surface area contributed by atoms with Gasteiger partial charge in [-0.05, 0) is 74.5 Å². The van der Waals surface area contributed by atoms with Gasteiger partial charge in [0.15, 0.2) is 0 Å². The van der Waals surface area contributed by atoms with Gasteiger partial charge in [-0.25, -0.2) is 0 Å². The Morgan fingerprint density at radius 3 is 2.16 bits per heavy atom. The number of hydrogen-bond acceptors (Lipinski definition) is 4. The fraction of sp³-hybridized carbons (Fsp3) is 0.465. The summed E-state index contributed by atoms with van der Waals surface area (Å²) in [4.78, 5) is 8.00. The van der Waals surface area contributed by atoms with E-state index < -0.39 is 11.7 Å². The lowest BCUT2D eigenvalue weighted by Crippen LogP contribution is -2.27. The molecule has 0 spiro atoms. The summed E-state index contributed by atoms with van der Waals surface area (Å²) >= 11 is 0. The molecule has 0 aromatic heterocycles. The highest BCUT2D eigenvalue weighted by Crippen LogP contribution is 2.35. The quantitative estimate of drug-likeness (QED) is 0.138. The van der Waals surface area contributed by atoms with Gasteiger partial charge in [-0.1, -0.05) is 127 Å². The van der Waals surface area contributed by atoms with Gasteiger partial charge in [0.2, 0.25) is 0 Å². The highest BCUT2D eigenvalue weighted by Gasteiger charge is 2.30. The highest BCUT2D eigenvalue weighted by atomic mass is 19.4. The van der Waals surface area contributed by atoms with E-state index in [1.165, 1.54) is 60.4 Å². The minimum atomic E-state index is -4.22. The third-order valence-electron chi connectivity index (χ3n) is 8.24. The second kappa shape index (κ2) is 27.0. The number of allylic oxidation sites excluding steroid dienone is 1. The van der Waals surface area contributed by atoms with Gasteiger partial charge in [0.05, 0.1) is 18.2 Å². The van der Waals surface area contributed by atoms with E-state index in [4.69, 9.17) is 9.53 Å². The fourth-order valence-electron chi connectivity index (χ4n) is 5.59. The van der Waals surface area contributed by atoms with Crippen LogP contribution in [-0.4, -0.2) is 27.0 Å². The Balaban J connectivity index is 0.000000895. The summed E-state index contributed by atoms with van der Waals surface area (Å²) in [5, 5.41) is 6.94. The van der Waals surface area contributed by atoms with Gasteiger partial charge in [0, 0.05) is 17.7 Å². The number of aryl methyl sites for hydroxylation is 2. The zero-order valence-electron chi connectivity index (χ0n) is 31.6. The zero-order chi connectivity index (χ0) is 38.0. The molecule has 4 nitrogen and oxygen atoms in total. The van der Waals surface area contributed by atoms with Crippen LogP contribution >= 0.6 is 0 Å². The third-order valence-corrected chi connectivity index (χ3v) is 8.24. The molecule has 0 saturated carbocycles. The van der Waals surface area contributed by atoms with Gasteiger partial charge >= 0.3 is 6.18 Å². The Morgan fingerprint density at radius 2 is 1.60 bits per heavy atom. The van der Waals surface area contributed by atoms with Crippen molar-refractivity contribution in [1.29, 1.82) is 0 Å². The van der Waals surface area contributed by atoms with E-state index in [0.717, 1.165) is 62.4 Å². The minimum Gasteiger partial charge on any atom is -0.493 e. The maximum Gasteiger partial charge on any atom is 0.416 e. The second-order valence-electron chi connectivity index (χ2n) is 12.2. The first-order valence-corrected chi connectivity index (χ1v) is 17.9. The lowest BCUT2D eigenvalue weighted by molar-refractivity contribution is -0.137. The molecule has 0 radical (unpaired) electrons. The van der Waals surface area contributed by atoms with Crippen LogP contribution in [0.15, 0.2) is 92.2 Å². The van der Waals surface area contributed by atoms with Crippen LogP contribution in [0.25, 0.3) is 0 Å². The normalized spacial score (nSPS) is 13.4. The first-order chi connectivity index (χ1) is 24.0. The van der Waals surface area contributed by atoms with Crippen LogP contribution < -0.4 is 15.4 Å². The molecule has 278 valence electrons. The molecule has 4 rings (SSSR count). The molecule has 1 aliphatic heterocycles. The molecule has 2 unspecified atom stereocenters. The van der Waals surface area contributed by atoms with E-state index in [2.05, 4.69) is 101 Å². The number of unbranched alkanes of at least 4 members (excludes halogenated alkanes) is 4. The van der Waals surface area contributed by atoms with Crippen molar-refractivity contribution in [2.75, 3.05) is 20.2 Å². The van der Waals surface area contributed by atoms with Gasteiger partial charge in [-0.2, -0.15) is 13.2 Å². The number of benzene rings is 3. The van der Waals surface area contributed by atoms with Crippen LogP contribution in [-0.2, 0) is 23.8 Å². The lowest BCUT2D eigenvalue weighted by atomic mass is 9.90. The number of halogens is 3. The molecule has 0 aliphatic carbocycles. The smallest absolute Gasteiger partial charge is 0.416 e. The number of ether oxygens (including phenoxy) is 1. The summed E-state index contributed by atoms with van der Waals surface area (Å²) in [5.41, 5.74) is 6.59. The zero-order valence-corrected chi connectivity index (χ0v) is 31.6. The molecule has 0 saturated heterocycles. The maximum absolute atomic E-state index is 12.0. The Kier molecular flexibility index (Phi) is 24.9. The topological polar surface area (TPSA) is 50.4 Å². The van der Waals surface area contributed by atoms with Gasteiger partial charge in [-0.3, -0.25) is 0 Å². The molecule has 50 heavy (non-hydrogen) atoms. The van der Waals surface area contributed by atoms with Gasteiger partial charge in [0.1, 0.15) is 12.5 Å². The van der Waals surface area contributed by atoms with E-state index in [-0.39, 0.29) is 6.04 Å². The number of fused-ring (bicyclic) bond motifs is 1. The summed E-state index contributed by atoms with van der Waals surface area (Å²) in [6, 6.07) is 20.9. The van der Waals surface area contributed by atoms with Crippen LogP contribution in [0.2, 0.25) is 0 Å². The molecule has 0 bridgehead atoms. The van der Waals surface area contributed by atoms with Gasteiger partial charge < -0.3 is 20.2 Å². The van der Waals surface area contributed by atoms with E-state index in [1.54, 1.807) is 13.0 Å². The van der Waals surface area contributed by atoms with E-state index in [0.29, 0.717) is 11.5 Å². The van der Waals surface area contributed by atoms with Crippen LogP contribution in [0.4, 0.5) is 13.2 Å². The first-order valence-electron chi connectivity index (χ1n) is 17.9. The number of rotatable bonds is 13. The number of carbonyl (C=O) groups is 1. The predicted octanol–water partition coefficient (Wildman–Crippen LogP) is 11.7. The van der Waals surface area contributed by atoms with Crippen molar-refractivity contribution in [2.24, 2.45) is 0 Å². The third kappa shape index (κ3) is 17.7. The Bertz CT molecular complexity index is 1340. The molecule has 3 aromatic carbocycles. The predicted molar refractivity (Wildman–Crippen MR) is 207 cm³/mol. The number of carbonyl (C=O) groups excluding carboxylic acids is 1. The fourth-order valence-corrected chi connectivity index (χ4v) is 5.59. The molecule has 0 amide bonds. The Labute approximate surface area is 301 Å². The standard InChI is InChI=1S/C25H34N2O.C8H7F3.C7H16.C2H4.CH2O/c1-5-20-10-11-23-24(13-15-28-25(23)17-20)27-19(3)16-18(2)22-9-7-6-8-21(22)12-14-26-4;1-6-3-2-4-7(5-6)8(9,10)11;1-3-5-7-6-4-2;2*1-2/h6-11,17-18,24,26-27H,3,5,12-16H2,1-2,4H3;2-5H,1H3;3-7H2,1-2H3;1-2H2;1H2. The molecular formula is C43H63F3N2O2. The van der Waals surface area contributed by atoms with Crippen LogP contribution in [0.5, 0.6) is 5.75 Å². The van der Waals surface area contributed by atoms with E-state index >= 15 is 0 Å². The van der Waals surface area contributed by atoms with Crippen molar-refractivity contribution < 1.29 is 22.7 Å². The number of likely N-dealkylation sites (N-methyl/N-ethyl adjacent to an activating group) is 1. The van der Waals surface area contributed by atoms with Crippen molar-refractivity contribution in [3.8, 4) is 5.75 Å². The monoisotopic (exact) mass is 696 g/mol. The van der Waals surface area contributed by atoms with Gasteiger partial charge in [-0.15, -0.1) is 13.2 Å². The van der Waals surface area contributed by atoms with Crippen molar-refractivity contribution in [3.63, 3.8) is 0 Å². The highest BCUT2D eigenvalue weighted by molar-refractivity contribution is 5.41. The van der Waals surface area contributed by atoms with Crippen LogP contribution in [0.3, 0.4) is 0 Å². The molecule has 1 heterocycles. The Hall–Kier alpha value is -3.84. The number of alkyl halides is 3. The summed E-state index contributed by atoms with van der Waals surface area (Å²) in [6.07, 6.45) is 6.80. The van der Waals surface area contributed by atoms with Crippen molar-refractivity contribution in [1.82, 2.24) is 10.6 Å². The van der Waals surface area contributed by atoms with E-state index in [1.807, 2.05) is 13.8 Å². The summed E-state index contributed by atoms with van der Waals surface area (Å²) in [5.74, 6) is 1.47. The average Bonchev–Trinajstić information content (AvgIpc) is 3.13. The summed E-state index contributed by atoms with van der Waals surface area (Å²) in [7, 11) is 2.01. The van der Waals surface area contributed by atoms with Crippen molar-refractivity contribution >= 4 is 6.79 Å². The van der Waals surface area contributed by atoms with Gasteiger partial charge in [0.25, 0.3) is 0 Å². The minimum absolute atomic E-state index is 0.286. The lowest BCUT2D eigenvalue weighted by Gasteiger charge is -2.29. The largest absolute Gasteiger partial charge is 0.493 e. The van der Waals surface area contributed by atoms with Crippen LogP contribution in [0, 0.1) is 6.92 Å². The first kappa shape index (κ1) is 46.2. The molecule has 3 aromatic rings. The van der Waals surface area contributed by atoms with Crippen LogP contribution in [0.1, 0.15) is 118 Å². The second-order valence-corrected chi connectivity index (χ2v) is 12.2. The Morgan fingerprint density at radius 1 is 0.940 bits per heavy atom. The summed E-state index contributed by atoms with van der Waals surface area (Å²) in [6.45, 7) is 24.7. The summed E-state index contributed by atoms with van der Waals surface area (Å²) < 4.78 is 41.8. The van der Waals surface area contributed by atoms with E-state index in [9.17, 15) is 13.2 Å². The molecular weight excluding hydrogens is 633 g/mol.